The first-order valence-electron chi connectivity index (χ1n) is 7.76. The van der Waals surface area contributed by atoms with Crippen LogP contribution in [0, 0.1) is 0 Å². The van der Waals surface area contributed by atoms with Crippen molar-refractivity contribution >= 4 is 11.5 Å². The first-order valence-corrected chi connectivity index (χ1v) is 7.76. The smallest absolute Gasteiger partial charge is 0.247 e. The highest BCUT2D eigenvalue weighted by Crippen LogP contribution is 2.25. The third kappa shape index (κ3) is 4.67. The molecule has 1 heterocycles. The number of nitrogens with zero attached hydrogens (tertiary/aromatic N) is 2. The fourth-order valence-corrected chi connectivity index (χ4v) is 2.42. The highest BCUT2D eigenvalue weighted by Gasteiger charge is 2.13. The van der Waals surface area contributed by atoms with Crippen LogP contribution in [0.25, 0.3) is 5.57 Å². The first kappa shape index (κ1) is 17.7. The van der Waals surface area contributed by atoms with Crippen LogP contribution in [0.5, 0.6) is 5.75 Å². The third-order valence-corrected chi connectivity index (χ3v) is 3.65. The van der Waals surface area contributed by atoms with Crippen LogP contribution in [-0.4, -0.2) is 41.2 Å². The maximum Gasteiger partial charge on any atom is 0.247 e. The minimum Gasteiger partial charge on any atom is -0.496 e. The van der Waals surface area contributed by atoms with Crippen LogP contribution < -0.4 is 4.74 Å². The van der Waals surface area contributed by atoms with Gasteiger partial charge in [-0.15, -0.1) is 0 Å². The lowest BCUT2D eigenvalue weighted by Crippen LogP contribution is -2.31. The number of benzene rings is 1. The average molecular weight is 326 g/mol. The van der Waals surface area contributed by atoms with Crippen molar-refractivity contribution in [2.45, 2.75) is 13.5 Å². The number of hydrogen-bond donors (Lipinski definition) is 1. The average Bonchev–Trinajstić information content (AvgIpc) is 2.62. The number of aliphatic hydroxyl groups excluding tert-OH is 1. The maximum absolute atomic E-state index is 12.6. The van der Waals surface area contributed by atoms with Gasteiger partial charge < -0.3 is 14.7 Å². The molecular formula is C19H22N2O3. The number of rotatable bonds is 7. The van der Waals surface area contributed by atoms with Crippen LogP contribution >= 0.6 is 0 Å². The summed E-state index contributed by atoms with van der Waals surface area (Å²) < 4.78 is 5.34. The lowest BCUT2D eigenvalue weighted by atomic mass is 10.1. The second-order valence-electron chi connectivity index (χ2n) is 5.37. The largest absolute Gasteiger partial charge is 0.496 e. The summed E-state index contributed by atoms with van der Waals surface area (Å²) in [5.74, 6) is 0.566. The Morgan fingerprint density at radius 3 is 2.75 bits per heavy atom. The summed E-state index contributed by atoms with van der Waals surface area (Å²) in [6, 6.07) is 11.3. The number of allylic oxidation sites excluding steroid dienone is 1. The zero-order valence-electron chi connectivity index (χ0n) is 14.0. The fraction of sp³-hybridized carbons (Fsp3) is 0.263. The van der Waals surface area contributed by atoms with Crippen molar-refractivity contribution < 1.29 is 14.6 Å². The molecule has 0 spiro atoms. The van der Waals surface area contributed by atoms with Crippen LogP contribution in [0.1, 0.15) is 18.1 Å². The predicted molar refractivity (Wildman–Crippen MR) is 93.4 cm³/mol. The Hall–Kier alpha value is -2.66. The summed E-state index contributed by atoms with van der Waals surface area (Å²) >= 11 is 0. The van der Waals surface area contributed by atoms with Gasteiger partial charge in [-0.05, 0) is 30.2 Å². The van der Waals surface area contributed by atoms with Gasteiger partial charge in [0.05, 0.1) is 13.7 Å². The van der Waals surface area contributed by atoms with Crippen molar-refractivity contribution in [1.29, 1.82) is 0 Å². The number of para-hydroxylation sites is 1. The van der Waals surface area contributed by atoms with Crippen LogP contribution in [0.15, 0.2) is 54.9 Å². The molecular weight excluding hydrogens is 304 g/mol. The van der Waals surface area contributed by atoms with Gasteiger partial charge in [-0.2, -0.15) is 0 Å². The molecule has 0 bridgehead atoms. The van der Waals surface area contributed by atoms with Crippen LogP contribution in [0.4, 0.5) is 0 Å². The predicted octanol–water partition coefficient (Wildman–Crippen LogP) is 2.51. The van der Waals surface area contributed by atoms with E-state index in [1.807, 2.05) is 43.3 Å². The Morgan fingerprint density at radius 2 is 2.08 bits per heavy atom. The standard InChI is InChI=1S/C19H22N2O3/c1-15(17-7-3-4-8-18(17)24-2)12-19(23)21(10-11-22)14-16-6-5-9-20-13-16/h3-9,12-13,22H,10-11,14H2,1-2H3/b15-12+. The van der Waals surface area contributed by atoms with E-state index in [2.05, 4.69) is 4.98 Å². The molecule has 0 saturated carbocycles. The normalized spacial score (nSPS) is 11.2. The molecule has 0 aliphatic rings. The second-order valence-corrected chi connectivity index (χ2v) is 5.37. The lowest BCUT2D eigenvalue weighted by molar-refractivity contribution is -0.127. The lowest BCUT2D eigenvalue weighted by Gasteiger charge is -2.20. The number of carbonyl (C=O) groups is 1. The summed E-state index contributed by atoms with van der Waals surface area (Å²) in [5.41, 5.74) is 2.60. The zero-order valence-corrected chi connectivity index (χ0v) is 14.0. The molecule has 0 unspecified atom stereocenters. The fourth-order valence-electron chi connectivity index (χ4n) is 2.42. The van der Waals surface area contributed by atoms with Crippen molar-refractivity contribution in [3.8, 4) is 5.75 Å². The van der Waals surface area contributed by atoms with Gasteiger partial charge in [0.2, 0.25) is 5.91 Å². The number of pyridine rings is 1. The second kappa shape index (κ2) is 8.84. The van der Waals surface area contributed by atoms with Gasteiger partial charge in [0, 0.05) is 37.1 Å². The van der Waals surface area contributed by atoms with E-state index in [0.717, 1.165) is 22.4 Å². The summed E-state index contributed by atoms with van der Waals surface area (Å²) in [7, 11) is 1.61. The number of ether oxygens (including phenoxy) is 1. The molecule has 5 nitrogen and oxygen atoms in total. The van der Waals surface area contributed by atoms with E-state index in [-0.39, 0.29) is 19.1 Å². The molecule has 0 fully saturated rings. The van der Waals surface area contributed by atoms with Crippen LogP contribution in [0.3, 0.4) is 0 Å². The number of aromatic nitrogens is 1. The Kier molecular flexibility index (Phi) is 6.51. The molecule has 0 aliphatic carbocycles. The van der Waals surface area contributed by atoms with Gasteiger partial charge in [-0.25, -0.2) is 0 Å². The highest BCUT2D eigenvalue weighted by atomic mass is 16.5. The molecule has 1 aromatic carbocycles. The zero-order chi connectivity index (χ0) is 17.4. The van der Waals surface area contributed by atoms with E-state index in [9.17, 15) is 9.90 Å². The summed E-state index contributed by atoms with van der Waals surface area (Å²) in [5, 5.41) is 9.25. The third-order valence-electron chi connectivity index (χ3n) is 3.65. The Labute approximate surface area is 142 Å². The van der Waals surface area contributed by atoms with Crippen molar-refractivity contribution in [3.05, 3.63) is 66.0 Å². The van der Waals surface area contributed by atoms with E-state index in [1.165, 1.54) is 0 Å². The summed E-state index contributed by atoms with van der Waals surface area (Å²) in [4.78, 5) is 18.2. The molecule has 0 atom stereocenters. The van der Waals surface area contributed by atoms with Gasteiger partial charge >= 0.3 is 0 Å². The Balaban J connectivity index is 2.19. The topological polar surface area (TPSA) is 62.7 Å². The summed E-state index contributed by atoms with van der Waals surface area (Å²) in [6.45, 7) is 2.46. The van der Waals surface area contributed by atoms with E-state index in [0.29, 0.717) is 6.54 Å². The van der Waals surface area contributed by atoms with Crippen molar-refractivity contribution in [2.24, 2.45) is 0 Å². The van der Waals surface area contributed by atoms with Crippen molar-refractivity contribution in [1.82, 2.24) is 9.88 Å². The molecule has 2 rings (SSSR count). The molecule has 0 radical (unpaired) electrons. The monoisotopic (exact) mass is 326 g/mol. The van der Waals surface area contributed by atoms with Gasteiger partial charge in [-0.1, -0.05) is 24.3 Å². The van der Waals surface area contributed by atoms with Crippen molar-refractivity contribution in [3.63, 3.8) is 0 Å². The molecule has 1 N–H and O–H groups in total. The number of methoxy groups -OCH3 is 1. The SMILES string of the molecule is COc1ccccc1/C(C)=C/C(=O)N(CCO)Cc1cccnc1. The van der Waals surface area contributed by atoms with E-state index < -0.39 is 0 Å². The molecule has 0 aliphatic heterocycles. The Bertz CT molecular complexity index is 699. The molecule has 2 aromatic rings. The van der Waals surface area contributed by atoms with Crippen molar-refractivity contribution in [2.75, 3.05) is 20.3 Å². The summed E-state index contributed by atoms with van der Waals surface area (Å²) in [6.07, 6.45) is 4.98. The first-order chi connectivity index (χ1) is 11.7. The van der Waals surface area contributed by atoms with E-state index >= 15 is 0 Å². The van der Waals surface area contributed by atoms with E-state index in [1.54, 1.807) is 30.5 Å². The molecule has 24 heavy (non-hydrogen) atoms. The van der Waals surface area contributed by atoms with E-state index in [4.69, 9.17) is 4.74 Å². The number of aliphatic hydroxyl groups is 1. The number of hydrogen-bond acceptors (Lipinski definition) is 4. The molecule has 1 amide bonds. The van der Waals surface area contributed by atoms with Gasteiger partial charge in [0.25, 0.3) is 0 Å². The Morgan fingerprint density at radius 1 is 1.29 bits per heavy atom. The van der Waals surface area contributed by atoms with Crippen LogP contribution in [0.2, 0.25) is 0 Å². The van der Waals surface area contributed by atoms with Gasteiger partial charge in [0.15, 0.2) is 0 Å². The number of amides is 1. The van der Waals surface area contributed by atoms with Gasteiger partial charge in [0.1, 0.15) is 5.75 Å². The number of carbonyl (C=O) groups excluding carboxylic acids is 1. The maximum atomic E-state index is 12.6. The molecule has 1 aromatic heterocycles. The van der Waals surface area contributed by atoms with Crippen LogP contribution in [-0.2, 0) is 11.3 Å². The minimum atomic E-state index is -0.156. The quantitative estimate of drug-likeness (QED) is 0.794. The molecule has 5 heteroatoms. The van der Waals surface area contributed by atoms with Gasteiger partial charge in [-0.3, -0.25) is 9.78 Å². The molecule has 0 saturated heterocycles. The highest BCUT2D eigenvalue weighted by molar-refractivity contribution is 5.95. The minimum absolute atomic E-state index is 0.0897. The molecule has 126 valence electrons.